The quantitative estimate of drug-likeness (QED) is 0.499. The van der Waals surface area contributed by atoms with E-state index in [-0.39, 0.29) is 0 Å². The van der Waals surface area contributed by atoms with Gasteiger partial charge in [0.25, 0.3) is 0 Å². The molecule has 0 aromatic heterocycles. The number of methoxy groups -OCH3 is 1. The first kappa shape index (κ1) is 14.9. The van der Waals surface area contributed by atoms with Crippen molar-refractivity contribution in [2.75, 3.05) is 33.5 Å². The van der Waals surface area contributed by atoms with E-state index in [0.29, 0.717) is 6.10 Å². The van der Waals surface area contributed by atoms with E-state index < -0.39 is 0 Å². The first-order valence-electron chi connectivity index (χ1n) is 5.99. The maximum absolute atomic E-state index is 5.50. The average molecular weight is 218 g/mol. The van der Waals surface area contributed by atoms with Crippen molar-refractivity contribution >= 4 is 0 Å². The molecular formula is C12H26O3. The lowest BCUT2D eigenvalue weighted by molar-refractivity contribution is 0.0558. The minimum Gasteiger partial charge on any atom is -0.385 e. The third-order valence-corrected chi connectivity index (χ3v) is 2.24. The molecule has 0 aromatic carbocycles. The Kier molecular flexibility index (Phi) is 11.9. The molecule has 0 bridgehead atoms. The standard InChI is InChI=1S/C12H26O3/c1-4-15-12(2)8-7-11-14-10-6-5-9-13-3/h12H,4-11H2,1-3H3. The van der Waals surface area contributed by atoms with Crippen LogP contribution in [0, 0.1) is 0 Å². The molecule has 0 heterocycles. The Balaban J connectivity index is 2.98. The Bertz CT molecular complexity index is 117. The van der Waals surface area contributed by atoms with Gasteiger partial charge in [0.1, 0.15) is 0 Å². The third kappa shape index (κ3) is 11.8. The Morgan fingerprint density at radius 3 is 2.33 bits per heavy atom. The van der Waals surface area contributed by atoms with Crippen LogP contribution in [0.4, 0.5) is 0 Å². The van der Waals surface area contributed by atoms with Gasteiger partial charge in [-0.25, -0.2) is 0 Å². The van der Waals surface area contributed by atoms with Gasteiger partial charge in [-0.2, -0.15) is 0 Å². The first-order valence-corrected chi connectivity index (χ1v) is 5.99. The molecule has 0 aliphatic rings. The molecule has 92 valence electrons. The van der Waals surface area contributed by atoms with Gasteiger partial charge in [-0.15, -0.1) is 0 Å². The summed E-state index contributed by atoms with van der Waals surface area (Å²) in [5.74, 6) is 0. The fourth-order valence-corrected chi connectivity index (χ4v) is 1.39. The van der Waals surface area contributed by atoms with Crippen LogP contribution in [-0.2, 0) is 14.2 Å². The van der Waals surface area contributed by atoms with E-state index in [2.05, 4.69) is 6.92 Å². The molecule has 15 heavy (non-hydrogen) atoms. The molecule has 0 amide bonds. The second-order valence-electron chi connectivity index (χ2n) is 3.72. The van der Waals surface area contributed by atoms with Gasteiger partial charge in [0.05, 0.1) is 6.10 Å². The van der Waals surface area contributed by atoms with Crippen LogP contribution in [0.5, 0.6) is 0 Å². The van der Waals surface area contributed by atoms with Crippen LogP contribution in [0.15, 0.2) is 0 Å². The molecule has 3 heteroatoms. The zero-order valence-corrected chi connectivity index (χ0v) is 10.5. The molecule has 0 N–H and O–H groups in total. The molecule has 0 aliphatic heterocycles. The maximum atomic E-state index is 5.50. The number of rotatable bonds is 11. The van der Waals surface area contributed by atoms with Gasteiger partial charge in [-0.05, 0) is 39.5 Å². The second-order valence-corrected chi connectivity index (χ2v) is 3.72. The molecule has 0 fully saturated rings. The Morgan fingerprint density at radius 2 is 1.67 bits per heavy atom. The number of unbranched alkanes of at least 4 members (excludes halogenated alkanes) is 1. The molecule has 1 unspecified atom stereocenters. The van der Waals surface area contributed by atoms with E-state index in [9.17, 15) is 0 Å². The molecule has 0 spiro atoms. The summed E-state index contributed by atoms with van der Waals surface area (Å²) in [6.07, 6.45) is 4.73. The van der Waals surface area contributed by atoms with E-state index in [4.69, 9.17) is 14.2 Å². The topological polar surface area (TPSA) is 27.7 Å². The van der Waals surface area contributed by atoms with Crippen LogP contribution in [0.1, 0.15) is 39.5 Å². The predicted molar refractivity (Wildman–Crippen MR) is 62.3 cm³/mol. The van der Waals surface area contributed by atoms with Crippen molar-refractivity contribution in [2.45, 2.75) is 45.6 Å². The van der Waals surface area contributed by atoms with Gasteiger partial charge < -0.3 is 14.2 Å². The maximum Gasteiger partial charge on any atom is 0.0547 e. The minimum absolute atomic E-state index is 0.368. The van der Waals surface area contributed by atoms with Gasteiger partial charge in [-0.1, -0.05) is 0 Å². The molecule has 3 nitrogen and oxygen atoms in total. The molecule has 0 saturated heterocycles. The monoisotopic (exact) mass is 218 g/mol. The average Bonchev–Trinajstić information content (AvgIpc) is 2.22. The van der Waals surface area contributed by atoms with Crippen molar-refractivity contribution in [3.63, 3.8) is 0 Å². The summed E-state index contributed by atoms with van der Waals surface area (Å²) in [4.78, 5) is 0. The first-order chi connectivity index (χ1) is 7.31. The summed E-state index contributed by atoms with van der Waals surface area (Å²) in [5.41, 5.74) is 0. The molecule has 0 saturated carbocycles. The van der Waals surface area contributed by atoms with Crippen molar-refractivity contribution in [2.24, 2.45) is 0 Å². The van der Waals surface area contributed by atoms with E-state index in [1.165, 1.54) is 0 Å². The van der Waals surface area contributed by atoms with Crippen molar-refractivity contribution in [1.82, 2.24) is 0 Å². The molecule has 0 rings (SSSR count). The summed E-state index contributed by atoms with van der Waals surface area (Å²) in [6, 6.07) is 0. The van der Waals surface area contributed by atoms with Crippen molar-refractivity contribution in [3.05, 3.63) is 0 Å². The smallest absolute Gasteiger partial charge is 0.0547 e. The lowest BCUT2D eigenvalue weighted by Crippen LogP contribution is -2.09. The Labute approximate surface area is 94.1 Å². The summed E-state index contributed by atoms with van der Waals surface area (Å²) in [6.45, 7) is 7.49. The number of ether oxygens (including phenoxy) is 3. The van der Waals surface area contributed by atoms with Crippen LogP contribution in [-0.4, -0.2) is 39.6 Å². The zero-order valence-electron chi connectivity index (χ0n) is 10.5. The summed E-state index contributed by atoms with van der Waals surface area (Å²) in [7, 11) is 1.73. The van der Waals surface area contributed by atoms with Crippen molar-refractivity contribution < 1.29 is 14.2 Å². The van der Waals surface area contributed by atoms with Gasteiger partial charge in [-0.3, -0.25) is 0 Å². The van der Waals surface area contributed by atoms with Gasteiger partial charge in [0.15, 0.2) is 0 Å². The van der Waals surface area contributed by atoms with Crippen LogP contribution < -0.4 is 0 Å². The van der Waals surface area contributed by atoms with Gasteiger partial charge in [0, 0.05) is 33.5 Å². The summed E-state index contributed by atoms with van der Waals surface area (Å²) in [5, 5.41) is 0. The highest BCUT2D eigenvalue weighted by atomic mass is 16.5. The Hall–Kier alpha value is -0.120. The van der Waals surface area contributed by atoms with Crippen LogP contribution in [0.25, 0.3) is 0 Å². The van der Waals surface area contributed by atoms with Crippen molar-refractivity contribution in [3.8, 4) is 0 Å². The molecule has 0 aliphatic carbocycles. The second kappa shape index (κ2) is 12.0. The number of hydrogen-bond donors (Lipinski definition) is 0. The molecular weight excluding hydrogens is 192 g/mol. The highest BCUT2D eigenvalue weighted by Crippen LogP contribution is 2.01. The zero-order chi connectivity index (χ0) is 11.4. The molecule has 0 aromatic rings. The van der Waals surface area contributed by atoms with E-state index in [1.54, 1.807) is 7.11 Å². The number of hydrogen-bond acceptors (Lipinski definition) is 3. The van der Waals surface area contributed by atoms with Gasteiger partial charge in [0.2, 0.25) is 0 Å². The van der Waals surface area contributed by atoms with E-state index in [0.717, 1.165) is 52.1 Å². The fourth-order valence-electron chi connectivity index (χ4n) is 1.39. The Morgan fingerprint density at radius 1 is 1.00 bits per heavy atom. The lowest BCUT2D eigenvalue weighted by Gasteiger charge is -2.11. The molecule has 1 atom stereocenters. The fraction of sp³-hybridized carbons (Fsp3) is 1.00. The summed E-state index contributed by atoms with van der Waals surface area (Å²) < 4.78 is 15.9. The van der Waals surface area contributed by atoms with Gasteiger partial charge >= 0.3 is 0 Å². The lowest BCUT2D eigenvalue weighted by atomic mass is 10.2. The highest BCUT2D eigenvalue weighted by molar-refractivity contribution is 4.49. The highest BCUT2D eigenvalue weighted by Gasteiger charge is 1.99. The van der Waals surface area contributed by atoms with Crippen LogP contribution >= 0.6 is 0 Å². The minimum atomic E-state index is 0.368. The van der Waals surface area contributed by atoms with E-state index in [1.807, 2.05) is 6.92 Å². The predicted octanol–water partition coefficient (Wildman–Crippen LogP) is 2.63. The SMILES string of the molecule is CCOC(C)CCCOCCCCOC. The summed E-state index contributed by atoms with van der Waals surface area (Å²) >= 11 is 0. The molecule has 0 radical (unpaired) electrons. The third-order valence-electron chi connectivity index (χ3n) is 2.24. The van der Waals surface area contributed by atoms with Crippen LogP contribution in [0.3, 0.4) is 0 Å². The normalized spacial score (nSPS) is 13.0. The van der Waals surface area contributed by atoms with Crippen LogP contribution in [0.2, 0.25) is 0 Å². The largest absolute Gasteiger partial charge is 0.385 e. The van der Waals surface area contributed by atoms with Crippen molar-refractivity contribution in [1.29, 1.82) is 0 Å². The van der Waals surface area contributed by atoms with E-state index >= 15 is 0 Å².